The van der Waals surface area contributed by atoms with Crippen LogP contribution in [-0.4, -0.2) is 52.9 Å². The average molecular weight is 337 g/mol. The first kappa shape index (κ1) is 19.5. The first-order valence-corrected chi connectivity index (χ1v) is 7.46. The van der Waals surface area contributed by atoms with Gasteiger partial charge in [-0.3, -0.25) is 9.59 Å². The van der Waals surface area contributed by atoms with Crippen LogP contribution in [0.5, 0.6) is 0 Å². The molecule has 0 aromatic heterocycles. The van der Waals surface area contributed by atoms with Crippen LogP contribution in [0.3, 0.4) is 0 Å². The van der Waals surface area contributed by atoms with Gasteiger partial charge in [0.15, 0.2) is 0 Å². The van der Waals surface area contributed by atoms with E-state index < -0.39 is 35.9 Å². The van der Waals surface area contributed by atoms with Crippen molar-refractivity contribution in [2.24, 2.45) is 11.8 Å². The monoisotopic (exact) mass is 337 g/mol. The summed E-state index contributed by atoms with van der Waals surface area (Å²) in [6.07, 6.45) is -0.853. The number of β-lactam (4-membered cyclic amide) rings is 1. The number of methoxy groups -OCH3 is 1. The molecule has 0 aromatic rings. The van der Waals surface area contributed by atoms with Crippen LogP contribution in [0.4, 0.5) is 0 Å². The Balaban J connectivity index is 0.00000242. The van der Waals surface area contributed by atoms with Gasteiger partial charge < -0.3 is 24.6 Å². The maximum Gasteiger partial charge on any atom is 1.00 e. The summed E-state index contributed by atoms with van der Waals surface area (Å²) < 4.78 is 4.52. The zero-order valence-corrected chi connectivity index (χ0v) is 15.7. The van der Waals surface area contributed by atoms with Gasteiger partial charge in [0.1, 0.15) is 0 Å². The summed E-state index contributed by atoms with van der Waals surface area (Å²) in [6, 6.07) is -0.398. The molecule has 0 bridgehead atoms. The number of aliphatic hydroxyl groups is 1. The second kappa shape index (κ2) is 7.35. The zero-order chi connectivity index (χ0) is 15.9. The number of nitrogens with zero attached hydrogens (tertiary/aromatic N) is 1. The number of fused-ring (bicyclic) bond motifs is 1. The molecule has 2 aliphatic heterocycles. The number of amides is 1. The quantitative estimate of drug-likeness (QED) is 0.307. The molecule has 22 heavy (non-hydrogen) atoms. The SMILES string of the molecule is COC(=O)CSC1=C(C(=O)[O-])N2C(=O)[C@H]([C@@H](C)O)[C@H]2[C@H]1C.[Na+]. The van der Waals surface area contributed by atoms with E-state index >= 15 is 0 Å². The molecule has 1 N–H and O–H groups in total. The molecule has 2 rings (SSSR count). The summed E-state index contributed by atoms with van der Waals surface area (Å²) in [7, 11) is 1.25. The van der Waals surface area contributed by atoms with Crippen LogP contribution in [-0.2, 0) is 19.1 Å². The molecule has 116 valence electrons. The fraction of sp³-hybridized carbons (Fsp3) is 0.615. The second-order valence-electron chi connectivity index (χ2n) is 5.12. The zero-order valence-electron chi connectivity index (χ0n) is 12.9. The minimum Gasteiger partial charge on any atom is -0.543 e. The molecule has 0 aromatic carbocycles. The van der Waals surface area contributed by atoms with Gasteiger partial charge in [-0.2, -0.15) is 0 Å². The second-order valence-corrected chi connectivity index (χ2v) is 6.14. The molecule has 1 amide bonds. The Labute approximate surface area is 154 Å². The predicted octanol–water partition coefficient (Wildman–Crippen LogP) is -4.28. The maximum absolute atomic E-state index is 12.0. The summed E-state index contributed by atoms with van der Waals surface area (Å²) in [4.78, 5) is 36.2. The molecule has 1 fully saturated rings. The number of ether oxygens (including phenoxy) is 1. The molecule has 0 spiro atoms. The van der Waals surface area contributed by atoms with Crippen molar-refractivity contribution >= 4 is 29.6 Å². The Bertz CT molecular complexity index is 535. The van der Waals surface area contributed by atoms with Crippen molar-refractivity contribution in [2.75, 3.05) is 12.9 Å². The summed E-state index contributed by atoms with van der Waals surface area (Å²) in [5, 5.41) is 21.0. The van der Waals surface area contributed by atoms with E-state index in [1.807, 2.05) is 0 Å². The molecule has 7 nitrogen and oxygen atoms in total. The largest absolute Gasteiger partial charge is 1.00 e. The standard InChI is InChI=1S/C13H17NO6S.Na/c1-5-9-8(6(2)15)12(17)14(9)10(13(18)19)11(5)21-4-7(16)20-3;/h5-6,8-9,15H,4H2,1-3H3,(H,18,19);/q;+1/p-1/t5-,6-,8-,9-;/m1./s1. The number of carboxylic acid groups (broad SMARTS) is 1. The molecule has 0 unspecified atom stereocenters. The Hall–Kier alpha value is -0.540. The van der Waals surface area contributed by atoms with Crippen molar-refractivity contribution in [3.05, 3.63) is 10.6 Å². The van der Waals surface area contributed by atoms with Crippen molar-refractivity contribution in [3.63, 3.8) is 0 Å². The number of hydrogen-bond donors (Lipinski definition) is 1. The smallest absolute Gasteiger partial charge is 0.543 e. The van der Waals surface area contributed by atoms with Crippen LogP contribution in [0, 0.1) is 11.8 Å². The van der Waals surface area contributed by atoms with Gasteiger partial charge in [-0.15, -0.1) is 11.8 Å². The van der Waals surface area contributed by atoms with Crippen molar-refractivity contribution in [1.82, 2.24) is 4.90 Å². The van der Waals surface area contributed by atoms with Gasteiger partial charge in [-0.05, 0) is 6.92 Å². The summed E-state index contributed by atoms with van der Waals surface area (Å²) in [5.41, 5.74) is -0.191. The number of aliphatic hydroxyl groups excluding tert-OH is 1. The Morgan fingerprint density at radius 1 is 1.50 bits per heavy atom. The van der Waals surface area contributed by atoms with Gasteiger partial charge in [-0.25, -0.2) is 0 Å². The molecule has 9 heteroatoms. The van der Waals surface area contributed by atoms with E-state index in [1.54, 1.807) is 6.92 Å². The average Bonchev–Trinajstić information content (AvgIpc) is 2.65. The molecule has 0 radical (unpaired) electrons. The molecule has 1 saturated heterocycles. The normalized spacial score (nSPS) is 27.7. The van der Waals surface area contributed by atoms with E-state index in [0.29, 0.717) is 4.91 Å². The summed E-state index contributed by atoms with van der Waals surface area (Å²) in [5.74, 6) is -3.29. The van der Waals surface area contributed by atoms with Gasteiger partial charge in [0.05, 0.1) is 42.6 Å². The van der Waals surface area contributed by atoms with E-state index in [0.717, 1.165) is 16.7 Å². The summed E-state index contributed by atoms with van der Waals surface area (Å²) in [6.45, 7) is 3.28. The maximum atomic E-state index is 12.0. The van der Waals surface area contributed by atoms with Crippen LogP contribution in [0.15, 0.2) is 10.6 Å². The van der Waals surface area contributed by atoms with E-state index in [-0.39, 0.29) is 46.9 Å². The number of carboxylic acids is 1. The number of rotatable bonds is 5. The minimum absolute atomic E-state index is 0. The third-order valence-corrected chi connectivity index (χ3v) is 5.13. The molecule has 0 aliphatic carbocycles. The van der Waals surface area contributed by atoms with Crippen molar-refractivity contribution < 1.29 is 58.9 Å². The minimum atomic E-state index is -1.45. The van der Waals surface area contributed by atoms with Crippen LogP contribution in [0.2, 0.25) is 0 Å². The van der Waals surface area contributed by atoms with Gasteiger partial charge in [0, 0.05) is 10.8 Å². The van der Waals surface area contributed by atoms with Crippen LogP contribution in [0.1, 0.15) is 13.8 Å². The predicted molar refractivity (Wildman–Crippen MR) is 71.5 cm³/mol. The number of esters is 1. The third kappa shape index (κ3) is 3.07. The van der Waals surface area contributed by atoms with Crippen LogP contribution < -0.4 is 34.7 Å². The van der Waals surface area contributed by atoms with Gasteiger partial charge >= 0.3 is 35.5 Å². The summed E-state index contributed by atoms with van der Waals surface area (Å²) >= 11 is 1.03. The van der Waals surface area contributed by atoms with Gasteiger partial charge in [0.25, 0.3) is 0 Å². The van der Waals surface area contributed by atoms with E-state index in [2.05, 4.69) is 4.74 Å². The fourth-order valence-corrected chi connectivity index (χ4v) is 4.01. The fourth-order valence-electron chi connectivity index (χ4n) is 2.90. The number of carbonyl (C=O) groups is 3. The number of thioether (sulfide) groups is 1. The Morgan fingerprint density at radius 2 is 2.09 bits per heavy atom. The van der Waals surface area contributed by atoms with Gasteiger partial charge in [0.2, 0.25) is 5.91 Å². The number of aliphatic carboxylic acids is 1. The van der Waals surface area contributed by atoms with Crippen molar-refractivity contribution in [2.45, 2.75) is 26.0 Å². The Morgan fingerprint density at radius 3 is 2.55 bits per heavy atom. The van der Waals surface area contributed by atoms with E-state index in [9.17, 15) is 24.6 Å². The molecular weight excluding hydrogens is 321 g/mol. The van der Waals surface area contributed by atoms with Crippen molar-refractivity contribution in [1.29, 1.82) is 0 Å². The first-order valence-electron chi connectivity index (χ1n) is 6.47. The number of carbonyl (C=O) groups excluding carboxylic acids is 3. The van der Waals surface area contributed by atoms with E-state index in [1.165, 1.54) is 14.0 Å². The third-order valence-electron chi connectivity index (χ3n) is 3.88. The Kier molecular flexibility index (Phi) is 6.52. The molecule has 0 saturated carbocycles. The van der Waals surface area contributed by atoms with E-state index in [4.69, 9.17) is 0 Å². The van der Waals surface area contributed by atoms with Gasteiger partial charge in [-0.1, -0.05) is 6.92 Å². The van der Waals surface area contributed by atoms with Crippen LogP contribution >= 0.6 is 11.8 Å². The van der Waals surface area contributed by atoms with Crippen LogP contribution in [0.25, 0.3) is 0 Å². The topological polar surface area (TPSA) is 107 Å². The molecular formula is C13H16NNaO6S. The number of hydrogen-bond acceptors (Lipinski definition) is 7. The molecule has 4 atom stereocenters. The van der Waals surface area contributed by atoms with Crippen molar-refractivity contribution in [3.8, 4) is 0 Å². The molecule has 2 heterocycles. The first-order chi connectivity index (χ1) is 9.81. The molecule has 2 aliphatic rings.